The van der Waals surface area contributed by atoms with Gasteiger partial charge in [0.15, 0.2) is 5.13 Å². The third-order valence-corrected chi connectivity index (χ3v) is 5.17. The second-order valence-corrected chi connectivity index (χ2v) is 7.08. The Kier molecular flexibility index (Phi) is 5.24. The van der Waals surface area contributed by atoms with Gasteiger partial charge in [0.1, 0.15) is 11.8 Å². The minimum Gasteiger partial charge on any atom is -0.496 e. The molecule has 0 spiro atoms. The second kappa shape index (κ2) is 7.41. The van der Waals surface area contributed by atoms with Gasteiger partial charge in [0.25, 0.3) is 5.91 Å². The summed E-state index contributed by atoms with van der Waals surface area (Å²) >= 11 is 7.39. The summed E-state index contributed by atoms with van der Waals surface area (Å²) in [6.07, 6.45) is 1.38. The molecule has 1 unspecified atom stereocenters. The third kappa shape index (κ3) is 3.77. The van der Waals surface area contributed by atoms with Crippen molar-refractivity contribution in [2.75, 3.05) is 19.0 Å². The van der Waals surface area contributed by atoms with Crippen LogP contribution in [0.1, 0.15) is 28.9 Å². The number of rotatable bonds is 4. The van der Waals surface area contributed by atoms with Crippen LogP contribution in [0.3, 0.4) is 0 Å². The van der Waals surface area contributed by atoms with E-state index in [1.54, 1.807) is 23.1 Å². The van der Waals surface area contributed by atoms with Crippen LogP contribution >= 0.6 is 22.9 Å². The molecule has 1 atom stereocenters. The predicted octanol–water partition coefficient (Wildman–Crippen LogP) is 3.36. The SMILES string of the molecule is COc1ccc(Cl)cc1C(=O)N1CCCC1C(=O)Nc1nc(C)cs1. The number of hydrogen-bond donors (Lipinski definition) is 1. The molecule has 0 bridgehead atoms. The quantitative estimate of drug-likeness (QED) is 0.884. The molecular formula is C17H18ClN3O3S. The van der Waals surface area contributed by atoms with Gasteiger partial charge in [-0.2, -0.15) is 0 Å². The zero-order valence-corrected chi connectivity index (χ0v) is 15.5. The molecule has 3 rings (SSSR count). The number of carbonyl (C=O) groups is 2. The number of nitrogens with one attached hydrogen (secondary N) is 1. The van der Waals surface area contributed by atoms with Crippen LogP contribution in [0.5, 0.6) is 5.75 Å². The Morgan fingerprint density at radius 1 is 1.44 bits per heavy atom. The van der Waals surface area contributed by atoms with E-state index in [1.807, 2.05) is 12.3 Å². The van der Waals surface area contributed by atoms with Crippen molar-refractivity contribution in [3.05, 3.63) is 39.9 Å². The van der Waals surface area contributed by atoms with Crippen molar-refractivity contribution in [1.82, 2.24) is 9.88 Å². The molecular weight excluding hydrogens is 362 g/mol. The lowest BCUT2D eigenvalue weighted by atomic mass is 10.1. The van der Waals surface area contributed by atoms with Crippen molar-refractivity contribution < 1.29 is 14.3 Å². The van der Waals surface area contributed by atoms with Gasteiger partial charge in [-0.25, -0.2) is 4.98 Å². The van der Waals surface area contributed by atoms with Crippen LogP contribution in [0.4, 0.5) is 5.13 Å². The van der Waals surface area contributed by atoms with Gasteiger partial charge >= 0.3 is 0 Å². The smallest absolute Gasteiger partial charge is 0.258 e. The van der Waals surface area contributed by atoms with E-state index in [-0.39, 0.29) is 11.8 Å². The van der Waals surface area contributed by atoms with Crippen LogP contribution in [-0.4, -0.2) is 41.4 Å². The first-order chi connectivity index (χ1) is 12.0. The lowest BCUT2D eigenvalue weighted by Gasteiger charge is -2.24. The molecule has 1 saturated heterocycles. The Balaban J connectivity index is 1.80. The molecule has 6 nitrogen and oxygen atoms in total. The maximum Gasteiger partial charge on any atom is 0.258 e. The number of thiazole rings is 1. The molecule has 1 aliphatic rings. The number of carbonyl (C=O) groups excluding carboxylic acids is 2. The number of amides is 2. The van der Waals surface area contributed by atoms with Gasteiger partial charge in [0, 0.05) is 16.9 Å². The molecule has 0 saturated carbocycles. The minimum absolute atomic E-state index is 0.221. The fourth-order valence-electron chi connectivity index (χ4n) is 2.88. The molecule has 1 aromatic carbocycles. The monoisotopic (exact) mass is 379 g/mol. The van der Waals surface area contributed by atoms with Crippen molar-refractivity contribution in [3.8, 4) is 5.75 Å². The van der Waals surface area contributed by atoms with Crippen molar-refractivity contribution in [2.45, 2.75) is 25.8 Å². The molecule has 132 valence electrons. The van der Waals surface area contributed by atoms with E-state index < -0.39 is 6.04 Å². The second-order valence-electron chi connectivity index (χ2n) is 5.78. The zero-order valence-electron chi connectivity index (χ0n) is 13.9. The zero-order chi connectivity index (χ0) is 18.0. The Labute approximate surface area is 154 Å². The van der Waals surface area contributed by atoms with Crippen LogP contribution in [-0.2, 0) is 4.79 Å². The van der Waals surface area contributed by atoms with E-state index in [2.05, 4.69) is 10.3 Å². The highest BCUT2D eigenvalue weighted by molar-refractivity contribution is 7.13. The number of methoxy groups -OCH3 is 1. The van der Waals surface area contributed by atoms with Crippen molar-refractivity contribution in [2.24, 2.45) is 0 Å². The van der Waals surface area contributed by atoms with Gasteiger partial charge in [-0.1, -0.05) is 11.6 Å². The first-order valence-electron chi connectivity index (χ1n) is 7.87. The summed E-state index contributed by atoms with van der Waals surface area (Å²) in [6.45, 7) is 2.38. The van der Waals surface area contributed by atoms with Crippen LogP contribution in [0.15, 0.2) is 23.6 Å². The number of anilines is 1. The molecule has 2 amide bonds. The molecule has 1 fully saturated rings. The number of aryl methyl sites for hydroxylation is 1. The van der Waals surface area contributed by atoms with Gasteiger partial charge < -0.3 is 15.0 Å². The number of benzene rings is 1. The van der Waals surface area contributed by atoms with Crippen molar-refractivity contribution >= 4 is 39.9 Å². The average molecular weight is 380 g/mol. The van der Waals surface area contributed by atoms with E-state index in [9.17, 15) is 9.59 Å². The molecule has 1 N–H and O–H groups in total. The summed E-state index contributed by atoms with van der Waals surface area (Å²) in [5.74, 6) is -0.0375. The van der Waals surface area contributed by atoms with Crippen LogP contribution in [0.2, 0.25) is 5.02 Å². The number of nitrogens with zero attached hydrogens (tertiary/aromatic N) is 2. The molecule has 25 heavy (non-hydrogen) atoms. The molecule has 2 aromatic rings. The summed E-state index contributed by atoms with van der Waals surface area (Å²) < 4.78 is 5.26. The number of halogens is 1. The summed E-state index contributed by atoms with van der Waals surface area (Å²) in [4.78, 5) is 31.3. The van der Waals surface area contributed by atoms with Crippen LogP contribution in [0, 0.1) is 6.92 Å². The molecule has 8 heteroatoms. The average Bonchev–Trinajstić information content (AvgIpc) is 3.23. The van der Waals surface area contributed by atoms with Gasteiger partial charge in [-0.05, 0) is 38.0 Å². The Bertz CT molecular complexity index is 808. The van der Waals surface area contributed by atoms with E-state index in [0.717, 1.165) is 12.1 Å². The maximum absolute atomic E-state index is 12.9. The highest BCUT2D eigenvalue weighted by Crippen LogP contribution is 2.28. The van der Waals surface area contributed by atoms with Crippen molar-refractivity contribution in [3.63, 3.8) is 0 Å². The number of ether oxygens (including phenoxy) is 1. The summed E-state index contributed by atoms with van der Waals surface area (Å²) in [6, 6.07) is 4.36. The fraction of sp³-hybridized carbons (Fsp3) is 0.353. The van der Waals surface area contributed by atoms with Crippen LogP contribution < -0.4 is 10.1 Å². The molecule has 0 aliphatic carbocycles. The van der Waals surface area contributed by atoms with Gasteiger partial charge in [-0.15, -0.1) is 11.3 Å². The standard InChI is InChI=1S/C17H18ClN3O3S/c1-10-9-25-17(19-10)20-15(22)13-4-3-7-21(13)16(23)12-8-11(18)5-6-14(12)24-2/h5-6,8-9,13H,3-4,7H2,1-2H3,(H,19,20,22). The topological polar surface area (TPSA) is 71.5 Å². The molecule has 1 aliphatic heterocycles. The summed E-state index contributed by atoms with van der Waals surface area (Å²) in [7, 11) is 1.50. The largest absolute Gasteiger partial charge is 0.496 e. The number of aromatic nitrogens is 1. The third-order valence-electron chi connectivity index (χ3n) is 4.06. The summed E-state index contributed by atoms with van der Waals surface area (Å²) in [5.41, 5.74) is 1.21. The predicted molar refractivity (Wildman–Crippen MR) is 97.5 cm³/mol. The highest BCUT2D eigenvalue weighted by atomic mass is 35.5. The highest BCUT2D eigenvalue weighted by Gasteiger charge is 2.35. The van der Waals surface area contributed by atoms with E-state index >= 15 is 0 Å². The maximum atomic E-state index is 12.9. The number of likely N-dealkylation sites (tertiary alicyclic amines) is 1. The lowest BCUT2D eigenvalue weighted by molar-refractivity contribution is -0.119. The number of hydrogen-bond acceptors (Lipinski definition) is 5. The van der Waals surface area contributed by atoms with Gasteiger partial charge in [0.05, 0.1) is 18.4 Å². The van der Waals surface area contributed by atoms with Gasteiger partial charge in [0.2, 0.25) is 5.91 Å². The van der Waals surface area contributed by atoms with E-state index in [0.29, 0.717) is 34.4 Å². The van der Waals surface area contributed by atoms with Gasteiger partial charge in [-0.3, -0.25) is 9.59 Å². The van der Waals surface area contributed by atoms with E-state index in [4.69, 9.17) is 16.3 Å². The molecule has 1 aromatic heterocycles. The first kappa shape index (κ1) is 17.7. The molecule has 0 radical (unpaired) electrons. The van der Waals surface area contributed by atoms with Crippen LogP contribution in [0.25, 0.3) is 0 Å². The normalized spacial score (nSPS) is 16.8. The lowest BCUT2D eigenvalue weighted by Crippen LogP contribution is -2.43. The Morgan fingerprint density at radius 2 is 2.24 bits per heavy atom. The minimum atomic E-state index is -0.527. The summed E-state index contributed by atoms with van der Waals surface area (Å²) in [5, 5.41) is 5.65. The Hall–Kier alpha value is -2.12. The van der Waals surface area contributed by atoms with Crippen molar-refractivity contribution in [1.29, 1.82) is 0 Å². The molecule has 2 heterocycles. The fourth-order valence-corrected chi connectivity index (χ4v) is 3.75. The first-order valence-corrected chi connectivity index (χ1v) is 9.13. The van der Waals surface area contributed by atoms with E-state index in [1.165, 1.54) is 18.4 Å². The Morgan fingerprint density at radius 3 is 2.92 bits per heavy atom.